The molecule has 1 aromatic carbocycles. The number of nitrogens with one attached hydrogen (secondary N) is 1. The van der Waals surface area contributed by atoms with Gasteiger partial charge in [-0.2, -0.15) is 0 Å². The number of hydrogen-bond acceptors (Lipinski definition) is 5. The molecule has 0 unspecified atom stereocenters. The van der Waals surface area contributed by atoms with Crippen LogP contribution in [0.25, 0.3) is 10.6 Å². The van der Waals surface area contributed by atoms with Gasteiger partial charge in [0.2, 0.25) is 0 Å². The fourth-order valence-electron chi connectivity index (χ4n) is 1.54. The molecule has 0 radical (unpaired) electrons. The maximum atomic E-state index is 5.37. The van der Waals surface area contributed by atoms with E-state index in [-0.39, 0.29) is 0 Å². The van der Waals surface area contributed by atoms with Crippen LogP contribution >= 0.6 is 27.3 Å². The first-order valence-corrected chi connectivity index (χ1v) is 7.16. The molecule has 0 saturated carbocycles. The van der Waals surface area contributed by atoms with Crippen molar-refractivity contribution < 1.29 is 4.74 Å². The molecule has 96 valence electrons. The molecule has 6 heteroatoms. The minimum absolute atomic E-state index is 0.806. The minimum Gasteiger partial charge on any atom is -0.496 e. The molecule has 0 saturated heterocycles. The predicted octanol–water partition coefficient (Wildman–Crippen LogP) is 2.74. The van der Waals surface area contributed by atoms with E-state index in [1.807, 2.05) is 25.2 Å². The first kappa shape index (κ1) is 13.5. The number of halogens is 1. The molecule has 0 amide bonds. The smallest absolute Gasteiger partial charge is 0.151 e. The van der Waals surface area contributed by atoms with E-state index in [9.17, 15) is 0 Å². The molecule has 0 aliphatic rings. The second kappa shape index (κ2) is 6.26. The largest absolute Gasteiger partial charge is 0.496 e. The van der Waals surface area contributed by atoms with E-state index in [0.717, 1.165) is 38.8 Å². The van der Waals surface area contributed by atoms with Crippen molar-refractivity contribution in [3.63, 3.8) is 0 Å². The lowest BCUT2D eigenvalue weighted by molar-refractivity contribution is 0.416. The molecule has 0 bridgehead atoms. The molecule has 2 rings (SSSR count). The first-order valence-electron chi connectivity index (χ1n) is 5.55. The normalized spacial score (nSPS) is 10.6. The van der Waals surface area contributed by atoms with Crippen LogP contribution in [0.1, 0.15) is 5.01 Å². The van der Waals surface area contributed by atoms with Gasteiger partial charge in [-0.1, -0.05) is 27.3 Å². The monoisotopic (exact) mass is 327 g/mol. The van der Waals surface area contributed by atoms with Crippen LogP contribution in [-0.2, 0) is 6.42 Å². The van der Waals surface area contributed by atoms with Gasteiger partial charge in [-0.05, 0) is 25.2 Å². The molecule has 1 heterocycles. The van der Waals surface area contributed by atoms with E-state index in [1.54, 1.807) is 18.4 Å². The lowest BCUT2D eigenvalue weighted by atomic mass is 10.2. The zero-order valence-corrected chi connectivity index (χ0v) is 12.6. The predicted molar refractivity (Wildman–Crippen MR) is 77.2 cm³/mol. The third-order valence-electron chi connectivity index (χ3n) is 2.45. The van der Waals surface area contributed by atoms with Crippen LogP contribution in [0.15, 0.2) is 22.7 Å². The number of benzene rings is 1. The molecule has 1 N–H and O–H groups in total. The van der Waals surface area contributed by atoms with Gasteiger partial charge < -0.3 is 10.1 Å². The topological polar surface area (TPSA) is 47.0 Å². The number of ether oxygens (including phenoxy) is 1. The van der Waals surface area contributed by atoms with Crippen LogP contribution in [0.3, 0.4) is 0 Å². The first-order chi connectivity index (χ1) is 8.74. The average molecular weight is 328 g/mol. The minimum atomic E-state index is 0.806. The van der Waals surface area contributed by atoms with Crippen molar-refractivity contribution in [1.29, 1.82) is 0 Å². The van der Waals surface area contributed by atoms with Crippen LogP contribution in [-0.4, -0.2) is 30.9 Å². The lowest BCUT2D eigenvalue weighted by Gasteiger charge is -2.05. The summed E-state index contributed by atoms with van der Waals surface area (Å²) in [6.07, 6.45) is 0.896. The van der Waals surface area contributed by atoms with Crippen molar-refractivity contribution in [2.75, 3.05) is 20.7 Å². The van der Waals surface area contributed by atoms with Gasteiger partial charge in [-0.15, -0.1) is 10.2 Å². The Labute approximate surface area is 119 Å². The Kier molecular flexibility index (Phi) is 4.68. The Bertz CT molecular complexity index is 530. The van der Waals surface area contributed by atoms with E-state index in [4.69, 9.17) is 4.74 Å². The number of aromatic nitrogens is 2. The van der Waals surface area contributed by atoms with Gasteiger partial charge in [-0.25, -0.2) is 0 Å². The van der Waals surface area contributed by atoms with Gasteiger partial charge in [-0.3, -0.25) is 0 Å². The van der Waals surface area contributed by atoms with Gasteiger partial charge in [0.15, 0.2) is 5.01 Å². The summed E-state index contributed by atoms with van der Waals surface area (Å²) < 4.78 is 6.36. The van der Waals surface area contributed by atoms with E-state index in [1.165, 1.54) is 0 Å². The van der Waals surface area contributed by atoms with Crippen LogP contribution in [0.5, 0.6) is 5.75 Å². The standard InChI is InChI=1S/C12H14BrN3OS/c1-14-6-5-11-15-16-12(18-11)9-4-3-8(13)7-10(9)17-2/h3-4,7,14H,5-6H2,1-2H3. The Morgan fingerprint density at radius 1 is 1.39 bits per heavy atom. The Morgan fingerprint density at radius 2 is 2.22 bits per heavy atom. The third-order valence-corrected chi connectivity index (χ3v) is 3.96. The van der Waals surface area contributed by atoms with E-state index >= 15 is 0 Å². The van der Waals surface area contributed by atoms with Crippen LogP contribution in [0.2, 0.25) is 0 Å². The summed E-state index contributed by atoms with van der Waals surface area (Å²) >= 11 is 5.03. The van der Waals surface area contributed by atoms with Crippen LogP contribution in [0, 0.1) is 0 Å². The maximum Gasteiger partial charge on any atom is 0.151 e. The quantitative estimate of drug-likeness (QED) is 0.917. The summed E-state index contributed by atoms with van der Waals surface area (Å²) in [6.45, 7) is 0.909. The van der Waals surface area contributed by atoms with Gasteiger partial charge in [0.1, 0.15) is 10.8 Å². The van der Waals surface area contributed by atoms with E-state index in [2.05, 4.69) is 31.4 Å². The van der Waals surface area contributed by atoms with Crippen molar-refractivity contribution in [3.8, 4) is 16.3 Å². The SMILES string of the molecule is CNCCc1nnc(-c2ccc(Br)cc2OC)s1. The van der Waals surface area contributed by atoms with E-state index < -0.39 is 0 Å². The second-order valence-corrected chi connectivity index (χ2v) is 5.68. The van der Waals surface area contributed by atoms with Crippen molar-refractivity contribution in [2.24, 2.45) is 0 Å². The summed E-state index contributed by atoms with van der Waals surface area (Å²) in [5.74, 6) is 0.806. The average Bonchev–Trinajstić information content (AvgIpc) is 2.84. The van der Waals surface area contributed by atoms with Gasteiger partial charge >= 0.3 is 0 Å². The molecule has 0 fully saturated rings. The summed E-state index contributed by atoms with van der Waals surface area (Å²) in [5, 5.41) is 13.4. The molecule has 0 aliphatic heterocycles. The highest BCUT2D eigenvalue weighted by molar-refractivity contribution is 9.10. The van der Waals surface area contributed by atoms with Crippen molar-refractivity contribution in [1.82, 2.24) is 15.5 Å². The number of rotatable bonds is 5. The van der Waals surface area contributed by atoms with E-state index in [0.29, 0.717) is 0 Å². The molecule has 0 aliphatic carbocycles. The number of hydrogen-bond donors (Lipinski definition) is 1. The summed E-state index contributed by atoms with van der Waals surface area (Å²) in [4.78, 5) is 0. The summed E-state index contributed by atoms with van der Waals surface area (Å²) in [5.41, 5.74) is 0.980. The molecule has 2 aromatic rings. The van der Waals surface area contributed by atoms with Crippen molar-refractivity contribution in [3.05, 3.63) is 27.7 Å². The fraction of sp³-hybridized carbons (Fsp3) is 0.333. The zero-order chi connectivity index (χ0) is 13.0. The zero-order valence-electron chi connectivity index (χ0n) is 10.2. The highest BCUT2D eigenvalue weighted by atomic mass is 79.9. The fourth-order valence-corrected chi connectivity index (χ4v) is 2.75. The van der Waals surface area contributed by atoms with Crippen LogP contribution in [0.4, 0.5) is 0 Å². The molecular weight excluding hydrogens is 314 g/mol. The molecule has 0 spiro atoms. The molecule has 1 aromatic heterocycles. The van der Waals surface area contributed by atoms with Crippen molar-refractivity contribution >= 4 is 27.3 Å². The highest BCUT2D eigenvalue weighted by Crippen LogP contribution is 2.34. The molecule has 0 atom stereocenters. The second-order valence-electron chi connectivity index (χ2n) is 3.70. The van der Waals surface area contributed by atoms with Crippen LogP contribution < -0.4 is 10.1 Å². The number of methoxy groups -OCH3 is 1. The summed E-state index contributed by atoms with van der Waals surface area (Å²) in [6, 6.07) is 5.90. The third kappa shape index (κ3) is 3.07. The van der Waals surface area contributed by atoms with Crippen molar-refractivity contribution in [2.45, 2.75) is 6.42 Å². The highest BCUT2D eigenvalue weighted by Gasteiger charge is 2.11. The Balaban J connectivity index is 2.28. The Morgan fingerprint density at radius 3 is 2.94 bits per heavy atom. The molecule has 4 nitrogen and oxygen atoms in total. The van der Waals surface area contributed by atoms with Gasteiger partial charge in [0, 0.05) is 17.4 Å². The maximum absolute atomic E-state index is 5.37. The number of likely N-dealkylation sites (N-methyl/N-ethyl adjacent to an activating group) is 1. The molecular formula is C12H14BrN3OS. The Hall–Kier alpha value is -0.980. The molecule has 18 heavy (non-hydrogen) atoms. The summed E-state index contributed by atoms with van der Waals surface area (Å²) in [7, 11) is 3.59. The van der Waals surface area contributed by atoms with Gasteiger partial charge in [0.05, 0.1) is 12.7 Å². The lowest BCUT2D eigenvalue weighted by Crippen LogP contribution is -2.09. The van der Waals surface area contributed by atoms with Gasteiger partial charge in [0.25, 0.3) is 0 Å². The number of nitrogens with zero attached hydrogens (tertiary/aromatic N) is 2.